The summed E-state index contributed by atoms with van der Waals surface area (Å²) in [6.45, 7) is 2.14. The maximum absolute atomic E-state index is 5.63. The SMILES string of the molecule is Cc1ncccc1OCc1nc(Cc2ccccc2)no1. The lowest BCUT2D eigenvalue weighted by atomic mass is 10.1. The van der Waals surface area contributed by atoms with E-state index in [-0.39, 0.29) is 6.61 Å². The van der Waals surface area contributed by atoms with Crippen molar-refractivity contribution >= 4 is 0 Å². The molecule has 0 amide bonds. The number of benzene rings is 1. The Hall–Kier alpha value is -2.69. The zero-order chi connectivity index (χ0) is 14.5. The van der Waals surface area contributed by atoms with Crippen LogP contribution < -0.4 is 4.74 Å². The number of hydrogen-bond donors (Lipinski definition) is 0. The smallest absolute Gasteiger partial charge is 0.264 e. The lowest BCUT2D eigenvalue weighted by molar-refractivity contribution is 0.240. The normalized spacial score (nSPS) is 10.5. The Labute approximate surface area is 122 Å². The van der Waals surface area contributed by atoms with E-state index in [1.54, 1.807) is 6.20 Å². The summed E-state index contributed by atoms with van der Waals surface area (Å²) < 4.78 is 10.8. The van der Waals surface area contributed by atoms with E-state index >= 15 is 0 Å². The van der Waals surface area contributed by atoms with Gasteiger partial charge >= 0.3 is 0 Å². The van der Waals surface area contributed by atoms with Crippen LogP contribution in [0.4, 0.5) is 0 Å². The molecule has 0 aliphatic rings. The molecule has 0 unspecified atom stereocenters. The van der Waals surface area contributed by atoms with Crippen LogP contribution in [0.3, 0.4) is 0 Å². The van der Waals surface area contributed by atoms with Gasteiger partial charge in [-0.3, -0.25) is 4.98 Å². The topological polar surface area (TPSA) is 61.0 Å². The zero-order valence-electron chi connectivity index (χ0n) is 11.7. The fourth-order valence-corrected chi connectivity index (χ4v) is 1.96. The third-order valence-electron chi connectivity index (χ3n) is 3.02. The molecule has 0 spiro atoms. The highest BCUT2D eigenvalue weighted by Crippen LogP contribution is 2.15. The zero-order valence-corrected chi connectivity index (χ0v) is 11.7. The molecule has 0 aliphatic heterocycles. The van der Waals surface area contributed by atoms with E-state index in [0.29, 0.717) is 18.1 Å². The van der Waals surface area contributed by atoms with Gasteiger partial charge in [0, 0.05) is 12.6 Å². The molecular weight excluding hydrogens is 266 g/mol. The summed E-state index contributed by atoms with van der Waals surface area (Å²) in [4.78, 5) is 8.49. The minimum Gasteiger partial charge on any atom is -0.482 e. The molecule has 0 saturated carbocycles. The van der Waals surface area contributed by atoms with E-state index < -0.39 is 0 Å². The number of aromatic nitrogens is 3. The van der Waals surface area contributed by atoms with E-state index in [4.69, 9.17) is 9.26 Å². The van der Waals surface area contributed by atoms with Crippen LogP contribution in [-0.4, -0.2) is 15.1 Å². The molecule has 0 atom stereocenters. The van der Waals surface area contributed by atoms with Crippen molar-refractivity contribution in [3.63, 3.8) is 0 Å². The molecule has 1 aromatic carbocycles. The van der Waals surface area contributed by atoms with Crippen molar-refractivity contribution in [2.75, 3.05) is 0 Å². The molecule has 0 aliphatic carbocycles. The van der Waals surface area contributed by atoms with Crippen LogP contribution in [0.2, 0.25) is 0 Å². The number of ether oxygens (including phenoxy) is 1. The molecule has 2 aromatic heterocycles. The van der Waals surface area contributed by atoms with Gasteiger partial charge in [0.25, 0.3) is 5.89 Å². The standard InChI is InChI=1S/C16H15N3O2/c1-12-14(8-5-9-17-12)20-11-16-18-15(19-21-16)10-13-6-3-2-4-7-13/h2-9H,10-11H2,1H3. The largest absolute Gasteiger partial charge is 0.482 e. The van der Waals surface area contributed by atoms with Crippen molar-refractivity contribution in [1.82, 2.24) is 15.1 Å². The summed E-state index contributed by atoms with van der Waals surface area (Å²) in [5.74, 6) is 1.84. The molecule has 0 fully saturated rings. The number of aryl methyl sites for hydroxylation is 1. The van der Waals surface area contributed by atoms with Crippen molar-refractivity contribution in [3.8, 4) is 5.75 Å². The van der Waals surface area contributed by atoms with Crippen molar-refractivity contribution in [1.29, 1.82) is 0 Å². The maximum Gasteiger partial charge on any atom is 0.264 e. The van der Waals surface area contributed by atoms with Crippen molar-refractivity contribution in [3.05, 3.63) is 71.6 Å². The van der Waals surface area contributed by atoms with E-state index in [1.165, 1.54) is 0 Å². The third kappa shape index (κ3) is 3.45. The second-order valence-corrected chi connectivity index (χ2v) is 4.64. The first-order valence-electron chi connectivity index (χ1n) is 6.71. The van der Waals surface area contributed by atoms with Gasteiger partial charge in [0.1, 0.15) is 5.75 Å². The molecule has 2 heterocycles. The molecule has 0 bridgehead atoms. The molecule has 5 nitrogen and oxygen atoms in total. The van der Waals surface area contributed by atoms with Gasteiger partial charge in [-0.25, -0.2) is 0 Å². The lowest BCUT2D eigenvalue weighted by Crippen LogP contribution is -1.98. The molecule has 5 heteroatoms. The van der Waals surface area contributed by atoms with Crippen LogP contribution in [-0.2, 0) is 13.0 Å². The fourth-order valence-electron chi connectivity index (χ4n) is 1.96. The van der Waals surface area contributed by atoms with Gasteiger partial charge in [-0.1, -0.05) is 35.5 Å². The molecular formula is C16H15N3O2. The summed E-state index contributed by atoms with van der Waals surface area (Å²) >= 11 is 0. The molecule has 3 rings (SSSR count). The van der Waals surface area contributed by atoms with Crippen molar-refractivity contribution in [2.24, 2.45) is 0 Å². The monoisotopic (exact) mass is 281 g/mol. The van der Waals surface area contributed by atoms with E-state index in [0.717, 1.165) is 17.0 Å². The Kier molecular flexibility index (Phi) is 3.91. The van der Waals surface area contributed by atoms with Crippen LogP contribution in [0.1, 0.15) is 23.0 Å². The molecule has 106 valence electrons. The van der Waals surface area contributed by atoms with Gasteiger partial charge in [-0.2, -0.15) is 4.98 Å². The van der Waals surface area contributed by atoms with Gasteiger partial charge < -0.3 is 9.26 Å². The Morgan fingerprint density at radius 2 is 1.95 bits per heavy atom. The summed E-state index contributed by atoms with van der Waals surface area (Å²) in [6, 6.07) is 13.7. The third-order valence-corrected chi connectivity index (χ3v) is 3.02. The highest BCUT2D eigenvalue weighted by Gasteiger charge is 2.08. The summed E-state index contributed by atoms with van der Waals surface area (Å²) in [7, 11) is 0. The average molecular weight is 281 g/mol. The van der Waals surface area contributed by atoms with Gasteiger partial charge in [0.2, 0.25) is 0 Å². The van der Waals surface area contributed by atoms with Gasteiger partial charge in [-0.05, 0) is 24.6 Å². The minimum absolute atomic E-state index is 0.244. The summed E-state index contributed by atoms with van der Waals surface area (Å²) in [6.07, 6.45) is 2.38. The highest BCUT2D eigenvalue weighted by atomic mass is 16.5. The highest BCUT2D eigenvalue weighted by molar-refractivity contribution is 5.25. The second kappa shape index (κ2) is 6.17. The van der Waals surface area contributed by atoms with Gasteiger partial charge in [-0.15, -0.1) is 0 Å². The molecule has 21 heavy (non-hydrogen) atoms. The van der Waals surface area contributed by atoms with Crippen LogP contribution in [0, 0.1) is 6.92 Å². The second-order valence-electron chi connectivity index (χ2n) is 4.64. The molecule has 3 aromatic rings. The quantitative estimate of drug-likeness (QED) is 0.719. The van der Waals surface area contributed by atoms with E-state index in [1.807, 2.05) is 49.4 Å². The number of hydrogen-bond acceptors (Lipinski definition) is 5. The van der Waals surface area contributed by atoms with Gasteiger partial charge in [0.15, 0.2) is 12.4 Å². The lowest BCUT2D eigenvalue weighted by Gasteiger charge is -2.04. The summed E-state index contributed by atoms with van der Waals surface area (Å²) in [5, 5.41) is 3.96. The first kappa shape index (κ1) is 13.3. The summed E-state index contributed by atoms with van der Waals surface area (Å²) in [5.41, 5.74) is 1.98. The number of pyridine rings is 1. The van der Waals surface area contributed by atoms with Crippen LogP contribution in [0.5, 0.6) is 5.75 Å². The van der Waals surface area contributed by atoms with Crippen LogP contribution in [0.15, 0.2) is 53.2 Å². The predicted molar refractivity (Wildman–Crippen MR) is 76.9 cm³/mol. The molecule has 0 saturated heterocycles. The predicted octanol–water partition coefficient (Wildman–Crippen LogP) is 2.94. The van der Waals surface area contributed by atoms with Crippen molar-refractivity contribution in [2.45, 2.75) is 20.0 Å². The Balaban J connectivity index is 1.62. The Morgan fingerprint density at radius 3 is 2.76 bits per heavy atom. The molecule has 0 N–H and O–H groups in total. The Morgan fingerprint density at radius 1 is 1.10 bits per heavy atom. The first-order chi connectivity index (χ1) is 10.3. The average Bonchev–Trinajstić information content (AvgIpc) is 2.95. The van der Waals surface area contributed by atoms with Crippen LogP contribution >= 0.6 is 0 Å². The molecule has 0 radical (unpaired) electrons. The fraction of sp³-hybridized carbons (Fsp3) is 0.188. The number of rotatable bonds is 5. The Bertz CT molecular complexity index is 710. The maximum atomic E-state index is 5.63. The number of nitrogens with zero attached hydrogens (tertiary/aromatic N) is 3. The minimum atomic E-state index is 0.244. The van der Waals surface area contributed by atoms with Crippen molar-refractivity contribution < 1.29 is 9.26 Å². The van der Waals surface area contributed by atoms with E-state index in [9.17, 15) is 0 Å². The van der Waals surface area contributed by atoms with Gasteiger partial charge in [0.05, 0.1) is 5.69 Å². The van der Waals surface area contributed by atoms with Crippen LogP contribution in [0.25, 0.3) is 0 Å². The first-order valence-corrected chi connectivity index (χ1v) is 6.71. The van der Waals surface area contributed by atoms with E-state index in [2.05, 4.69) is 15.1 Å².